The highest BCUT2D eigenvalue weighted by molar-refractivity contribution is 6.30. The summed E-state index contributed by atoms with van der Waals surface area (Å²) in [7, 11) is 1.62. The van der Waals surface area contributed by atoms with Crippen LogP contribution in [-0.4, -0.2) is 48.8 Å². The van der Waals surface area contributed by atoms with E-state index in [1.54, 1.807) is 13.3 Å². The van der Waals surface area contributed by atoms with E-state index in [2.05, 4.69) is 16.4 Å². The van der Waals surface area contributed by atoms with Crippen LogP contribution in [0.2, 0.25) is 10.0 Å². The van der Waals surface area contributed by atoms with Gasteiger partial charge in [-0.25, -0.2) is 0 Å². The summed E-state index contributed by atoms with van der Waals surface area (Å²) < 4.78 is 44.3. The lowest BCUT2D eigenvalue weighted by molar-refractivity contribution is -0.147. The fourth-order valence-electron chi connectivity index (χ4n) is 5.29. The smallest absolute Gasteiger partial charge is 0.401 e. The van der Waals surface area contributed by atoms with Crippen molar-refractivity contribution < 1.29 is 17.9 Å². The second-order valence-corrected chi connectivity index (χ2v) is 10.7. The molecule has 0 saturated carbocycles. The van der Waals surface area contributed by atoms with Crippen LogP contribution in [0.15, 0.2) is 72.9 Å². The van der Waals surface area contributed by atoms with Gasteiger partial charge in [0.25, 0.3) is 0 Å². The summed E-state index contributed by atoms with van der Waals surface area (Å²) in [4.78, 5) is 6.06. The SMILES string of the molecule is COc1cc(C(c2ccc(Cl)cc2)c2ccc(Cl)cc2)cc2c(NC3CCN(CC(F)(F)F)CC3)ccnc12. The van der Waals surface area contributed by atoms with Crippen molar-refractivity contribution in [2.45, 2.75) is 31.0 Å². The van der Waals surface area contributed by atoms with E-state index in [1.807, 2.05) is 60.7 Å². The summed E-state index contributed by atoms with van der Waals surface area (Å²) in [6, 6.07) is 21.6. The minimum atomic E-state index is -4.18. The molecule has 5 rings (SSSR count). The summed E-state index contributed by atoms with van der Waals surface area (Å²) in [6.07, 6.45) is -1.22. The van der Waals surface area contributed by atoms with Gasteiger partial charge in [-0.05, 0) is 72.0 Å². The average molecular weight is 574 g/mol. The number of benzene rings is 3. The van der Waals surface area contributed by atoms with Crippen molar-refractivity contribution in [2.75, 3.05) is 32.1 Å². The lowest BCUT2D eigenvalue weighted by atomic mass is 9.84. The van der Waals surface area contributed by atoms with Gasteiger partial charge in [-0.1, -0.05) is 47.5 Å². The Kier molecular flexibility index (Phi) is 8.21. The highest BCUT2D eigenvalue weighted by Crippen LogP contribution is 2.39. The van der Waals surface area contributed by atoms with Crippen molar-refractivity contribution in [1.29, 1.82) is 0 Å². The monoisotopic (exact) mass is 573 g/mol. The molecule has 0 radical (unpaired) electrons. The van der Waals surface area contributed by atoms with Crippen LogP contribution in [0, 0.1) is 0 Å². The standard InChI is InChI=1S/C30H28Cl2F3N3O/c1-39-27-17-21(28(19-2-6-22(31)7-3-19)20-4-8-23(32)9-5-20)16-25-26(10-13-36-29(25)27)37-24-11-14-38(15-12-24)18-30(33,34)35/h2-10,13,16-17,24,28H,11-12,14-15,18H2,1H3,(H,36,37). The lowest BCUT2D eigenvalue weighted by Gasteiger charge is -2.33. The molecule has 1 aliphatic heterocycles. The van der Waals surface area contributed by atoms with Crippen LogP contribution in [0.3, 0.4) is 0 Å². The van der Waals surface area contributed by atoms with E-state index in [4.69, 9.17) is 27.9 Å². The first-order valence-corrected chi connectivity index (χ1v) is 13.5. The third-order valence-electron chi connectivity index (χ3n) is 7.14. The zero-order valence-electron chi connectivity index (χ0n) is 21.3. The summed E-state index contributed by atoms with van der Waals surface area (Å²) in [5.74, 6) is 0.510. The minimum Gasteiger partial charge on any atom is -0.494 e. The molecule has 1 N–H and O–H groups in total. The van der Waals surface area contributed by atoms with Crippen molar-refractivity contribution in [3.8, 4) is 5.75 Å². The second kappa shape index (κ2) is 11.6. The molecule has 39 heavy (non-hydrogen) atoms. The molecule has 9 heteroatoms. The van der Waals surface area contributed by atoms with Gasteiger partial charge in [0.2, 0.25) is 0 Å². The van der Waals surface area contributed by atoms with Crippen molar-refractivity contribution in [1.82, 2.24) is 9.88 Å². The number of hydrogen-bond acceptors (Lipinski definition) is 4. The van der Waals surface area contributed by atoms with Gasteiger partial charge in [0.15, 0.2) is 0 Å². The zero-order chi connectivity index (χ0) is 27.6. The number of nitrogens with one attached hydrogen (secondary N) is 1. The fourth-order valence-corrected chi connectivity index (χ4v) is 5.54. The molecular formula is C30H28Cl2F3N3O. The van der Waals surface area contributed by atoms with E-state index in [0.717, 1.165) is 27.8 Å². The molecule has 4 nitrogen and oxygen atoms in total. The number of halogens is 5. The molecule has 0 unspecified atom stereocenters. The molecule has 0 aliphatic carbocycles. The number of methoxy groups -OCH3 is 1. The third-order valence-corrected chi connectivity index (χ3v) is 7.65. The lowest BCUT2D eigenvalue weighted by Crippen LogP contribution is -2.43. The fraction of sp³-hybridized carbons (Fsp3) is 0.300. The number of alkyl halides is 3. The summed E-state index contributed by atoms with van der Waals surface area (Å²) in [5, 5.41) is 5.78. The van der Waals surface area contributed by atoms with Crippen LogP contribution in [0.1, 0.15) is 35.4 Å². The molecule has 1 aromatic heterocycles. The number of pyridine rings is 1. The maximum atomic E-state index is 12.8. The highest BCUT2D eigenvalue weighted by atomic mass is 35.5. The van der Waals surface area contributed by atoms with Crippen LogP contribution in [0.5, 0.6) is 5.75 Å². The van der Waals surface area contributed by atoms with Crippen molar-refractivity contribution in [3.05, 3.63) is 99.7 Å². The first-order valence-electron chi connectivity index (χ1n) is 12.7. The van der Waals surface area contributed by atoms with Gasteiger partial charge in [-0.2, -0.15) is 13.2 Å². The zero-order valence-corrected chi connectivity index (χ0v) is 22.8. The molecular weight excluding hydrogens is 546 g/mol. The van der Waals surface area contributed by atoms with Crippen LogP contribution < -0.4 is 10.1 Å². The number of ether oxygens (including phenoxy) is 1. The van der Waals surface area contributed by atoms with Crippen molar-refractivity contribution in [2.24, 2.45) is 0 Å². The Morgan fingerprint density at radius 1 is 0.923 bits per heavy atom. The number of piperidine rings is 1. The first-order chi connectivity index (χ1) is 18.7. The first kappa shape index (κ1) is 27.6. The Hall–Kier alpha value is -3.00. The summed E-state index contributed by atoms with van der Waals surface area (Å²) in [5.41, 5.74) is 4.70. The van der Waals surface area contributed by atoms with Gasteiger partial charge in [0.1, 0.15) is 11.3 Å². The van der Waals surface area contributed by atoms with Gasteiger partial charge in [0, 0.05) is 52.4 Å². The Morgan fingerprint density at radius 3 is 2.05 bits per heavy atom. The third kappa shape index (κ3) is 6.60. The quantitative estimate of drug-likeness (QED) is 0.226. The predicted molar refractivity (Wildman–Crippen MR) is 151 cm³/mol. The summed E-state index contributed by atoms with van der Waals surface area (Å²) in [6.45, 7) is -0.0802. The molecule has 0 amide bonds. The predicted octanol–water partition coefficient (Wildman–Crippen LogP) is 8.17. The minimum absolute atomic E-state index is 0.0538. The largest absolute Gasteiger partial charge is 0.494 e. The maximum Gasteiger partial charge on any atom is 0.401 e. The molecule has 1 aliphatic rings. The summed E-state index contributed by atoms with van der Waals surface area (Å²) >= 11 is 12.4. The molecule has 2 heterocycles. The Balaban J connectivity index is 1.52. The number of fused-ring (bicyclic) bond motifs is 1. The van der Waals surface area contributed by atoms with E-state index in [9.17, 15) is 13.2 Å². The van der Waals surface area contributed by atoms with E-state index < -0.39 is 12.7 Å². The molecule has 1 fully saturated rings. The molecule has 0 spiro atoms. The van der Waals surface area contributed by atoms with E-state index in [-0.39, 0.29) is 12.0 Å². The number of rotatable bonds is 7. The molecule has 4 aromatic rings. The van der Waals surface area contributed by atoms with Crippen LogP contribution in [-0.2, 0) is 0 Å². The van der Waals surface area contributed by atoms with Gasteiger partial charge in [0.05, 0.1) is 13.7 Å². The van der Waals surface area contributed by atoms with Crippen molar-refractivity contribution >= 4 is 39.8 Å². The van der Waals surface area contributed by atoms with Crippen LogP contribution >= 0.6 is 23.2 Å². The number of likely N-dealkylation sites (tertiary alicyclic amines) is 1. The number of nitrogens with zero attached hydrogens (tertiary/aromatic N) is 2. The van der Waals surface area contributed by atoms with Crippen LogP contribution in [0.25, 0.3) is 10.9 Å². The van der Waals surface area contributed by atoms with Gasteiger partial charge in [-0.3, -0.25) is 9.88 Å². The van der Waals surface area contributed by atoms with Crippen molar-refractivity contribution in [3.63, 3.8) is 0 Å². The molecule has 204 valence electrons. The average Bonchev–Trinajstić information content (AvgIpc) is 2.91. The normalized spacial score (nSPS) is 15.2. The van der Waals surface area contributed by atoms with Gasteiger partial charge < -0.3 is 10.1 Å². The maximum absolute atomic E-state index is 12.8. The molecule has 3 aromatic carbocycles. The molecule has 0 atom stereocenters. The van der Waals surface area contributed by atoms with Crippen LogP contribution in [0.4, 0.5) is 18.9 Å². The van der Waals surface area contributed by atoms with E-state index in [0.29, 0.717) is 47.2 Å². The Bertz CT molecular complexity index is 1380. The second-order valence-electron chi connectivity index (χ2n) is 9.82. The highest BCUT2D eigenvalue weighted by Gasteiger charge is 2.32. The van der Waals surface area contributed by atoms with Gasteiger partial charge >= 0.3 is 6.18 Å². The number of hydrogen-bond donors (Lipinski definition) is 1. The molecule has 0 bridgehead atoms. The Morgan fingerprint density at radius 2 is 1.51 bits per heavy atom. The van der Waals surface area contributed by atoms with E-state index >= 15 is 0 Å². The molecule has 1 saturated heterocycles. The van der Waals surface area contributed by atoms with Gasteiger partial charge in [-0.15, -0.1) is 0 Å². The topological polar surface area (TPSA) is 37.4 Å². The Labute approximate surface area is 235 Å². The number of aromatic nitrogens is 1. The number of anilines is 1. The van der Waals surface area contributed by atoms with E-state index in [1.165, 1.54) is 4.90 Å².